The maximum Gasteiger partial charge on any atom is 0.236 e. The van der Waals surface area contributed by atoms with Crippen LogP contribution in [-0.4, -0.2) is 31.3 Å². The zero-order valence-electron chi connectivity index (χ0n) is 13.0. The number of benzene rings is 2. The maximum absolute atomic E-state index is 12.1. The van der Waals surface area contributed by atoms with Gasteiger partial charge >= 0.3 is 0 Å². The molecule has 130 valence electrons. The van der Waals surface area contributed by atoms with Crippen molar-refractivity contribution in [3.05, 3.63) is 47.5 Å². The van der Waals surface area contributed by atoms with Crippen LogP contribution in [0.4, 0.5) is 5.13 Å². The normalized spacial score (nSPS) is 11.6. The molecule has 5 nitrogen and oxygen atoms in total. The number of nitrogens with zero attached hydrogens (tertiary/aromatic N) is 1. The first-order valence-corrected chi connectivity index (χ1v) is 11.2. The molecule has 0 atom stereocenters. The average Bonchev–Trinajstić information content (AvgIpc) is 2.94. The minimum absolute atomic E-state index is 0.202. The molecular formula is C16H13ClN2O3S3. The van der Waals surface area contributed by atoms with Crippen molar-refractivity contribution in [3.8, 4) is 0 Å². The first-order chi connectivity index (χ1) is 11.8. The van der Waals surface area contributed by atoms with Gasteiger partial charge in [0.05, 0.1) is 25.9 Å². The summed E-state index contributed by atoms with van der Waals surface area (Å²) in [5.74, 6) is 0.00106. The number of carbonyl (C=O) groups is 1. The van der Waals surface area contributed by atoms with Crippen molar-refractivity contribution in [2.24, 2.45) is 0 Å². The lowest BCUT2D eigenvalue weighted by Gasteiger charge is -2.03. The summed E-state index contributed by atoms with van der Waals surface area (Å²) in [6.45, 7) is 0. The summed E-state index contributed by atoms with van der Waals surface area (Å²) in [5.41, 5.74) is 0.645. The number of anilines is 1. The van der Waals surface area contributed by atoms with Gasteiger partial charge in [-0.15, -0.1) is 11.8 Å². The molecule has 0 spiro atoms. The molecule has 0 aliphatic rings. The molecule has 3 rings (SSSR count). The SMILES string of the molecule is CS(=O)(=O)c1ccc2nc(NC(=O)CSc3ccccc3Cl)sc2c1. The molecule has 3 aromatic rings. The third-order valence-corrected chi connectivity index (χ3v) is 6.79. The first-order valence-electron chi connectivity index (χ1n) is 7.11. The number of amides is 1. The molecule has 2 aromatic carbocycles. The molecule has 0 bridgehead atoms. The van der Waals surface area contributed by atoms with E-state index >= 15 is 0 Å². The van der Waals surface area contributed by atoms with Crippen LogP contribution in [0.15, 0.2) is 52.3 Å². The Hall–Kier alpha value is -1.61. The molecule has 0 saturated heterocycles. The van der Waals surface area contributed by atoms with Gasteiger partial charge in [0.25, 0.3) is 0 Å². The Kier molecular flexibility index (Phi) is 5.33. The Labute approximate surface area is 158 Å². The highest BCUT2D eigenvalue weighted by Crippen LogP contribution is 2.29. The van der Waals surface area contributed by atoms with Crippen LogP contribution in [0.3, 0.4) is 0 Å². The number of carbonyl (C=O) groups excluding carboxylic acids is 1. The van der Waals surface area contributed by atoms with Gasteiger partial charge in [0.15, 0.2) is 15.0 Å². The van der Waals surface area contributed by atoms with E-state index in [2.05, 4.69) is 10.3 Å². The molecule has 0 saturated carbocycles. The van der Waals surface area contributed by atoms with Crippen molar-refractivity contribution in [3.63, 3.8) is 0 Å². The van der Waals surface area contributed by atoms with E-state index in [1.54, 1.807) is 18.2 Å². The van der Waals surface area contributed by atoms with Crippen LogP contribution in [0.5, 0.6) is 0 Å². The van der Waals surface area contributed by atoms with E-state index in [0.717, 1.165) is 11.2 Å². The van der Waals surface area contributed by atoms with Crippen LogP contribution in [0.2, 0.25) is 5.02 Å². The van der Waals surface area contributed by atoms with Gasteiger partial charge < -0.3 is 5.32 Å². The van der Waals surface area contributed by atoms with Gasteiger partial charge in [-0.2, -0.15) is 0 Å². The summed E-state index contributed by atoms with van der Waals surface area (Å²) in [6.07, 6.45) is 1.16. The molecule has 1 aromatic heterocycles. The van der Waals surface area contributed by atoms with E-state index in [-0.39, 0.29) is 16.6 Å². The quantitative estimate of drug-likeness (QED) is 0.639. The van der Waals surface area contributed by atoms with E-state index in [4.69, 9.17) is 11.6 Å². The van der Waals surface area contributed by atoms with Crippen molar-refractivity contribution in [1.29, 1.82) is 0 Å². The summed E-state index contributed by atoms with van der Waals surface area (Å²) in [4.78, 5) is 17.5. The van der Waals surface area contributed by atoms with Gasteiger partial charge in [0.2, 0.25) is 5.91 Å². The van der Waals surface area contributed by atoms with Crippen LogP contribution in [0.25, 0.3) is 10.2 Å². The minimum atomic E-state index is -3.28. The Bertz CT molecular complexity index is 1050. The van der Waals surface area contributed by atoms with E-state index in [9.17, 15) is 13.2 Å². The van der Waals surface area contributed by atoms with Crippen molar-refractivity contribution in [2.75, 3.05) is 17.3 Å². The number of fused-ring (bicyclic) bond motifs is 1. The van der Waals surface area contributed by atoms with Crippen LogP contribution >= 0.6 is 34.7 Å². The number of nitrogens with one attached hydrogen (secondary N) is 1. The summed E-state index contributed by atoms with van der Waals surface area (Å²) in [5, 5.41) is 3.78. The zero-order valence-corrected chi connectivity index (χ0v) is 16.2. The molecule has 1 N–H and O–H groups in total. The Balaban J connectivity index is 1.70. The van der Waals surface area contributed by atoms with E-state index in [0.29, 0.717) is 20.4 Å². The molecular weight excluding hydrogens is 400 g/mol. The number of halogens is 1. The molecule has 0 aliphatic carbocycles. The fourth-order valence-corrected chi connectivity index (χ4v) is 4.73. The second-order valence-corrected chi connectivity index (χ2v) is 9.66. The fourth-order valence-electron chi connectivity index (χ4n) is 2.05. The molecule has 0 unspecified atom stereocenters. The number of hydrogen-bond donors (Lipinski definition) is 1. The van der Waals surface area contributed by atoms with Gasteiger partial charge in [0.1, 0.15) is 0 Å². The summed E-state index contributed by atoms with van der Waals surface area (Å²) in [7, 11) is -3.28. The molecule has 0 aliphatic heterocycles. The summed E-state index contributed by atoms with van der Waals surface area (Å²) < 4.78 is 23.9. The molecule has 9 heteroatoms. The minimum Gasteiger partial charge on any atom is -0.301 e. The monoisotopic (exact) mass is 412 g/mol. The lowest BCUT2D eigenvalue weighted by molar-refractivity contribution is -0.113. The lowest BCUT2D eigenvalue weighted by atomic mass is 10.3. The summed E-state index contributed by atoms with van der Waals surface area (Å²) in [6, 6.07) is 12.0. The third-order valence-electron chi connectivity index (χ3n) is 3.23. The largest absolute Gasteiger partial charge is 0.301 e. The maximum atomic E-state index is 12.1. The number of hydrogen-bond acceptors (Lipinski definition) is 6. The van der Waals surface area contributed by atoms with Gasteiger partial charge in [-0.05, 0) is 30.3 Å². The highest BCUT2D eigenvalue weighted by Gasteiger charge is 2.12. The molecule has 1 amide bonds. The van der Waals surface area contributed by atoms with Gasteiger partial charge in [-0.25, -0.2) is 13.4 Å². The van der Waals surface area contributed by atoms with Crippen molar-refractivity contribution in [1.82, 2.24) is 4.98 Å². The molecule has 0 radical (unpaired) electrons. The average molecular weight is 413 g/mol. The van der Waals surface area contributed by atoms with E-state index in [1.807, 2.05) is 18.2 Å². The summed E-state index contributed by atoms with van der Waals surface area (Å²) >= 11 is 8.64. The van der Waals surface area contributed by atoms with Crippen molar-refractivity contribution >= 4 is 65.8 Å². The van der Waals surface area contributed by atoms with Gasteiger partial charge in [0, 0.05) is 11.2 Å². The first kappa shape index (κ1) is 18.2. The number of aromatic nitrogens is 1. The van der Waals surface area contributed by atoms with Crippen LogP contribution in [-0.2, 0) is 14.6 Å². The molecule has 25 heavy (non-hydrogen) atoms. The van der Waals surface area contributed by atoms with E-state index < -0.39 is 9.84 Å². The number of thioether (sulfide) groups is 1. The van der Waals surface area contributed by atoms with Gasteiger partial charge in [-0.3, -0.25) is 4.79 Å². The predicted octanol–water partition coefficient (Wildman–Crippen LogP) is 4.08. The Morgan fingerprint density at radius 3 is 2.76 bits per heavy atom. The van der Waals surface area contributed by atoms with Gasteiger partial charge in [-0.1, -0.05) is 35.1 Å². The van der Waals surface area contributed by atoms with Crippen LogP contribution in [0.1, 0.15) is 0 Å². The zero-order chi connectivity index (χ0) is 18.0. The van der Waals surface area contributed by atoms with Crippen molar-refractivity contribution in [2.45, 2.75) is 9.79 Å². The highest BCUT2D eigenvalue weighted by molar-refractivity contribution is 8.00. The lowest BCUT2D eigenvalue weighted by Crippen LogP contribution is -2.13. The number of rotatable bonds is 5. The van der Waals surface area contributed by atoms with E-state index in [1.165, 1.54) is 29.2 Å². The highest BCUT2D eigenvalue weighted by atomic mass is 35.5. The van der Waals surface area contributed by atoms with Crippen LogP contribution in [0, 0.1) is 0 Å². The standard InChI is InChI=1S/C16H13ClN2O3S3/c1-25(21,22)10-6-7-12-14(8-10)24-16(18-12)19-15(20)9-23-13-5-3-2-4-11(13)17/h2-8H,9H2,1H3,(H,18,19,20). The van der Waals surface area contributed by atoms with Crippen molar-refractivity contribution < 1.29 is 13.2 Å². The fraction of sp³-hybridized carbons (Fsp3) is 0.125. The Morgan fingerprint density at radius 1 is 1.28 bits per heavy atom. The second-order valence-electron chi connectivity index (χ2n) is 5.19. The second kappa shape index (κ2) is 7.33. The third kappa shape index (κ3) is 4.52. The number of sulfone groups is 1. The van der Waals surface area contributed by atoms with Crippen LogP contribution < -0.4 is 5.32 Å². The Morgan fingerprint density at radius 2 is 2.04 bits per heavy atom. The topological polar surface area (TPSA) is 76.1 Å². The molecule has 0 fully saturated rings. The smallest absolute Gasteiger partial charge is 0.236 e. The number of thiazole rings is 1. The predicted molar refractivity (Wildman–Crippen MR) is 104 cm³/mol. The molecule has 1 heterocycles.